The minimum atomic E-state index is -0.667. The summed E-state index contributed by atoms with van der Waals surface area (Å²) in [5.74, 6) is -1.33. The van der Waals surface area contributed by atoms with Crippen LogP contribution in [-0.4, -0.2) is 6.08 Å². The molecule has 2 nitrogen and oxygen atoms in total. The summed E-state index contributed by atoms with van der Waals surface area (Å²) in [4.78, 5) is 13.5. The number of hydrogen-bond donors (Lipinski definition) is 0. The lowest BCUT2D eigenvalue weighted by atomic mass is 10.1. The van der Waals surface area contributed by atoms with Crippen LogP contribution in [0.4, 0.5) is 8.78 Å². The number of aliphatic imine (C=N–C) groups is 1. The largest absolute Gasteiger partial charge is 0.235 e. The molecular formula is C10H9F2NO. The van der Waals surface area contributed by atoms with E-state index in [4.69, 9.17) is 0 Å². The Labute approximate surface area is 80.3 Å². The van der Waals surface area contributed by atoms with Crippen LogP contribution in [0.5, 0.6) is 0 Å². The number of benzene rings is 1. The molecule has 1 aromatic carbocycles. The topological polar surface area (TPSA) is 29.4 Å². The number of nitrogens with zero attached hydrogens (tertiary/aromatic N) is 1. The van der Waals surface area contributed by atoms with Crippen molar-refractivity contribution in [1.82, 2.24) is 0 Å². The fourth-order valence-electron chi connectivity index (χ4n) is 1.23. The third-order valence-electron chi connectivity index (χ3n) is 1.86. The van der Waals surface area contributed by atoms with Crippen molar-refractivity contribution < 1.29 is 13.6 Å². The van der Waals surface area contributed by atoms with Crippen molar-refractivity contribution in [2.75, 3.05) is 0 Å². The summed E-state index contributed by atoms with van der Waals surface area (Å²) < 4.78 is 25.6. The monoisotopic (exact) mass is 197 g/mol. The van der Waals surface area contributed by atoms with E-state index in [9.17, 15) is 13.6 Å². The minimum Gasteiger partial charge on any atom is -0.211 e. The average molecular weight is 197 g/mol. The van der Waals surface area contributed by atoms with Crippen molar-refractivity contribution in [3.8, 4) is 0 Å². The fourth-order valence-corrected chi connectivity index (χ4v) is 1.23. The maximum absolute atomic E-state index is 12.8. The van der Waals surface area contributed by atoms with Gasteiger partial charge >= 0.3 is 0 Å². The first-order chi connectivity index (χ1) is 6.67. The summed E-state index contributed by atoms with van der Waals surface area (Å²) in [5, 5.41) is 0. The molecule has 0 amide bonds. The number of hydrogen-bond acceptors (Lipinski definition) is 2. The molecule has 0 spiro atoms. The van der Waals surface area contributed by atoms with Gasteiger partial charge in [0.05, 0.1) is 6.04 Å². The second-order valence-corrected chi connectivity index (χ2v) is 2.85. The van der Waals surface area contributed by atoms with Crippen LogP contribution in [0.1, 0.15) is 24.9 Å². The zero-order chi connectivity index (χ0) is 10.6. The van der Waals surface area contributed by atoms with Crippen LogP contribution >= 0.6 is 0 Å². The van der Waals surface area contributed by atoms with Crippen molar-refractivity contribution in [3.05, 3.63) is 35.4 Å². The van der Waals surface area contributed by atoms with Crippen LogP contribution < -0.4 is 0 Å². The summed E-state index contributed by atoms with van der Waals surface area (Å²) in [6.07, 6.45) is 1.88. The lowest BCUT2D eigenvalue weighted by Gasteiger charge is -2.07. The molecule has 0 bridgehead atoms. The predicted molar refractivity (Wildman–Crippen MR) is 47.5 cm³/mol. The molecule has 0 aromatic heterocycles. The average Bonchev–Trinajstić information content (AvgIpc) is 2.12. The Balaban J connectivity index is 3.09. The number of isocyanates is 1. The highest BCUT2D eigenvalue weighted by Gasteiger charge is 2.10. The van der Waals surface area contributed by atoms with Crippen molar-refractivity contribution in [2.24, 2.45) is 4.99 Å². The van der Waals surface area contributed by atoms with Gasteiger partial charge in [-0.1, -0.05) is 6.92 Å². The first kappa shape index (κ1) is 10.5. The lowest BCUT2D eigenvalue weighted by molar-refractivity contribution is 0.551. The van der Waals surface area contributed by atoms with Crippen molar-refractivity contribution in [2.45, 2.75) is 19.4 Å². The van der Waals surface area contributed by atoms with E-state index in [1.165, 1.54) is 6.08 Å². The van der Waals surface area contributed by atoms with Crippen molar-refractivity contribution in [1.29, 1.82) is 0 Å². The Hall–Kier alpha value is -1.54. The highest BCUT2D eigenvalue weighted by molar-refractivity contribution is 5.35. The highest BCUT2D eigenvalue weighted by atomic mass is 19.1. The third kappa shape index (κ3) is 2.47. The summed E-state index contributed by atoms with van der Waals surface area (Å²) in [6, 6.07) is 2.59. The smallest absolute Gasteiger partial charge is 0.211 e. The van der Waals surface area contributed by atoms with E-state index < -0.39 is 17.7 Å². The van der Waals surface area contributed by atoms with Crippen LogP contribution in [-0.2, 0) is 4.79 Å². The van der Waals surface area contributed by atoms with Crippen LogP contribution in [0, 0.1) is 11.6 Å². The van der Waals surface area contributed by atoms with Gasteiger partial charge in [0.25, 0.3) is 0 Å². The molecule has 1 aromatic rings. The van der Waals surface area contributed by atoms with Gasteiger partial charge in [0.15, 0.2) is 0 Å². The molecule has 0 heterocycles. The molecule has 74 valence electrons. The summed E-state index contributed by atoms with van der Waals surface area (Å²) in [5.41, 5.74) is 0.355. The van der Waals surface area contributed by atoms with E-state index in [1.807, 2.05) is 0 Å². The highest BCUT2D eigenvalue weighted by Crippen LogP contribution is 2.22. The maximum atomic E-state index is 12.8. The van der Waals surface area contributed by atoms with E-state index in [-0.39, 0.29) is 0 Å². The molecule has 0 fully saturated rings. The first-order valence-corrected chi connectivity index (χ1v) is 4.20. The molecule has 1 unspecified atom stereocenters. The normalized spacial score (nSPS) is 11.9. The predicted octanol–water partition coefficient (Wildman–Crippen LogP) is 2.75. The van der Waals surface area contributed by atoms with Crippen molar-refractivity contribution >= 4 is 6.08 Å². The second kappa shape index (κ2) is 4.63. The van der Waals surface area contributed by atoms with E-state index in [0.717, 1.165) is 18.2 Å². The minimum absolute atomic E-state index is 0.355. The molecule has 4 heteroatoms. The number of halogens is 2. The molecule has 0 N–H and O–H groups in total. The molecule has 0 aliphatic rings. The Kier molecular flexibility index (Phi) is 3.48. The molecule has 0 saturated carbocycles. The molecule has 0 aliphatic heterocycles. The lowest BCUT2D eigenvalue weighted by Crippen LogP contribution is -1.95. The van der Waals surface area contributed by atoms with E-state index >= 15 is 0 Å². The van der Waals surface area contributed by atoms with Gasteiger partial charge < -0.3 is 0 Å². The van der Waals surface area contributed by atoms with Gasteiger partial charge in [-0.3, -0.25) is 0 Å². The molecular weight excluding hydrogens is 188 g/mol. The summed E-state index contributed by atoms with van der Waals surface area (Å²) >= 11 is 0. The van der Waals surface area contributed by atoms with Crippen LogP contribution in [0.2, 0.25) is 0 Å². The molecule has 14 heavy (non-hydrogen) atoms. The number of carbonyl (C=O) groups excluding carboxylic acids is 1. The van der Waals surface area contributed by atoms with Gasteiger partial charge in [0, 0.05) is 6.07 Å². The van der Waals surface area contributed by atoms with Gasteiger partial charge in [-0.2, -0.15) is 4.99 Å². The second-order valence-electron chi connectivity index (χ2n) is 2.85. The van der Waals surface area contributed by atoms with Gasteiger partial charge in [0.2, 0.25) is 6.08 Å². The molecule has 0 aliphatic carbocycles. The Morgan fingerprint density at radius 3 is 2.36 bits per heavy atom. The Morgan fingerprint density at radius 2 is 1.93 bits per heavy atom. The number of rotatable bonds is 3. The van der Waals surface area contributed by atoms with Crippen LogP contribution in [0.3, 0.4) is 0 Å². The molecule has 1 rings (SSSR count). The Morgan fingerprint density at radius 1 is 1.36 bits per heavy atom. The van der Waals surface area contributed by atoms with Gasteiger partial charge in [-0.15, -0.1) is 0 Å². The van der Waals surface area contributed by atoms with Gasteiger partial charge in [-0.25, -0.2) is 13.6 Å². The summed E-state index contributed by atoms with van der Waals surface area (Å²) in [6.45, 7) is 1.77. The van der Waals surface area contributed by atoms with E-state index in [2.05, 4.69) is 4.99 Å². The SMILES string of the molecule is CCC(N=C=O)c1cc(F)cc(F)c1. The zero-order valence-electron chi connectivity index (χ0n) is 7.63. The maximum Gasteiger partial charge on any atom is 0.235 e. The molecule has 0 radical (unpaired) electrons. The van der Waals surface area contributed by atoms with Crippen molar-refractivity contribution in [3.63, 3.8) is 0 Å². The van der Waals surface area contributed by atoms with Crippen LogP contribution in [0.15, 0.2) is 23.2 Å². The van der Waals surface area contributed by atoms with Gasteiger partial charge in [0.1, 0.15) is 11.6 Å². The molecule has 1 atom stereocenters. The quantitative estimate of drug-likeness (QED) is 0.541. The van der Waals surface area contributed by atoms with E-state index in [1.54, 1.807) is 6.92 Å². The summed E-state index contributed by atoms with van der Waals surface area (Å²) in [7, 11) is 0. The standard InChI is InChI=1S/C10H9F2NO/c1-2-10(13-6-14)7-3-8(11)5-9(12)4-7/h3-5,10H,2H2,1H3. The van der Waals surface area contributed by atoms with E-state index in [0.29, 0.717) is 12.0 Å². The van der Waals surface area contributed by atoms with Gasteiger partial charge in [-0.05, 0) is 24.1 Å². The fraction of sp³-hybridized carbons (Fsp3) is 0.300. The zero-order valence-corrected chi connectivity index (χ0v) is 7.63. The third-order valence-corrected chi connectivity index (χ3v) is 1.86. The first-order valence-electron chi connectivity index (χ1n) is 4.20. The van der Waals surface area contributed by atoms with Crippen LogP contribution in [0.25, 0.3) is 0 Å². The Bertz CT molecular complexity index is 352. The molecule has 0 saturated heterocycles.